The monoisotopic (exact) mass is 313 g/mol. The Morgan fingerprint density at radius 3 is 2.57 bits per heavy atom. The number of carbonyl (C=O) groups is 2. The molecule has 2 atom stereocenters. The maximum atomic E-state index is 12.7. The Bertz CT molecular complexity index is 613. The maximum Gasteiger partial charge on any atom is 0.253 e. The summed E-state index contributed by atoms with van der Waals surface area (Å²) < 4.78 is 0. The van der Waals surface area contributed by atoms with Gasteiger partial charge in [0.15, 0.2) is 0 Å². The molecule has 5 heteroatoms. The highest BCUT2D eigenvalue weighted by molar-refractivity contribution is 5.97. The molecule has 2 bridgehead atoms. The number of rotatable bonds is 2. The van der Waals surface area contributed by atoms with Crippen LogP contribution in [0.2, 0.25) is 0 Å². The summed E-state index contributed by atoms with van der Waals surface area (Å²) in [7, 11) is 0. The smallest absolute Gasteiger partial charge is 0.253 e. The van der Waals surface area contributed by atoms with Gasteiger partial charge < -0.3 is 15.1 Å². The van der Waals surface area contributed by atoms with Crippen LogP contribution < -0.4 is 10.2 Å². The highest BCUT2D eigenvalue weighted by Gasteiger charge is 2.31. The number of benzene rings is 1. The number of carbonyl (C=O) groups excluding carboxylic acids is 2. The minimum atomic E-state index is 0.110. The lowest BCUT2D eigenvalue weighted by atomic mass is 10.1. The fraction of sp³-hybridized carbons (Fsp3) is 0.556. The van der Waals surface area contributed by atoms with Crippen molar-refractivity contribution in [2.24, 2.45) is 0 Å². The van der Waals surface area contributed by atoms with Gasteiger partial charge in [-0.25, -0.2) is 0 Å². The van der Waals surface area contributed by atoms with Gasteiger partial charge in [0.2, 0.25) is 5.91 Å². The molecule has 0 spiro atoms. The third-order valence-corrected chi connectivity index (χ3v) is 5.31. The average Bonchev–Trinajstić information content (AvgIpc) is 3.12. The highest BCUT2D eigenvalue weighted by atomic mass is 16.2. The number of hydrogen-bond acceptors (Lipinski definition) is 3. The quantitative estimate of drug-likeness (QED) is 0.905. The Morgan fingerprint density at radius 1 is 1.04 bits per heavy atom. The molecule has 3 saturated heterocycles. The van der Waals surface area contributed by atoms with E-state index >= 15 is 0 Å². The first-order chi connectivity index (χ1) is 11.2. The highest BCUT2D eigenvalue weighted by Crippen LogP contribution is 2.24. The summed E-state index contributed by atoms with van der Waals surface area (Å²) in [5.41, 5.74) is 1.62. The van der Waals surface area contributed by atoms with Crippen molar-refractivity contribution < 1.29 is 9.59 Å². The normalized spacial score (nSPS) is 27.4. The molecule has 3 heterocycles. The number of amides is 2. The second-order valence-electron chi connectivity index (χ2n) is 6.87. The van der Waals surface area contributed by atoms with Gasteiger partial charge >= 0.3 is 0 Å². The molecule has 0 saturated carbocycles. The largest absolute Gasteiger partial charge is 0.337 e. The summed E-state index contributed by atoms with van der Waals surface area (Å²) in [5, 5.41) is 3.60. The van der Waals surface area contributed by atoms with Crippen molar-refractivity contribution in [1.82, 2.24) is 10.2 Å². The first-order valence-electron chi connectivity index (χ1n) is 8.66. The number of likely N-dealkylation sites (tertiary alicyclic amines) is 1. The Kier molecular flexibility index (Phi) is 3.81. The first kappa shape index (κ1) is 14.7. The van der Waals surface area contributed by atoms with E-state index in [0.29, 0.717) is 18.5 Å². The zero-order chi connectivity index (χ0) is 15.8. The van der Waals surface area contributed by atoms with Gasteiger partial charge in [0.1, 0.15) is 0 Å². The van der Waals surface area contributed by atoms with Crippen LogP contribution in [0.15, 0.2) is 24.3 Å². The van der Waals surface area contributed by atoms with E-state index < -0.39 is 0 Å². The number of nitrogens with zero attached hydrogens (tertiary/aromatic N) is 2. The molecule has 4 rings (SSSR count). The molecule has 23 heavy (non-hydrogen) atoms. The molecule has 5 nitrogen and oxygen atoms in total. The lowest BCUT2D eigenvalue weighted by Gasteiger charge is -2.24. The van der Waals surface area contributed by atoms with Gasteiger partial charge in [0.05, 0.1) is 0 Å². The summed E-state index contributed by atoms with van der Waals surface area (Å²) >= 11 is 0. The van der Waals surface area contributed by atoms with E-state index in [1.165, 1.54) is 12.8 Å². The van der Waals surface area contributed by atoms with Crippen LogP contribution in [0.3, 0.4) is 0 Å². The van der Waals surface area contributed by atoms with Crippen molar-refractivity contribution in [2.45, 2.75) is 44.2 Å². The number of nitrogens with one attached hydrogen (secondary N) is 1. The van der Waals surface area contributed by atoms with Gasteiger partial charge in [-0.2, -0.15) is 0 Å². The molecule has 0 aromatic heterocycles. The molecule has 0 aliphatic carbocycles. The van der Waals surface area contributed by atoms with E-state index in [1.807, 2.05) is 34.1 Å². The van der Waals surface area contributed by atoms with Gasteiger partial charge in [-0.1, -0.05) is 0 Å². The zero-order valence-electron chi connectivity index (χ0n) is 13.3. The van der Waals surface area contributed by atoms with Crippen LogP contribution in [0.5, 0.6) is 0 Å². The Morgan fingerprint density at radius 2 is 1.83 bits per heavy atom. The second kappa shape index (κ2) is 5.96. The van der Waals surface area contributed by atoms with Crippen molar-refractivity contribution in [1.29, 1.82) is 0 Å². The predicted molar refractivity (Wildman–Crippen MR) is 88.5 cm³/mol. The van der Waals surface area contributed by atoms with Crippen molar-refractivity contribution in [2.75, 3.05) is 24.5 Å². The molecule has 122 valence electrons. The Balaban J connectivity index is 1.47. The summed E-state index contributed by atoms with van der Waals surface area (Å²) in [6.07, 6.45) is 5.01. The van der Waals surface area contributed by atoms with Crippen molar-refractivity contribution in [3.05, 3.63) is 29.8 Å². The number of fused-ring (bicyclic) bond motifs is 2. The predicted octanol–water partition coefficient (Wildman–Crippen LogP) is 1.78. The summed E-state index contributed by atoms with van der Waals surface area (Å²) in [6.45, 7) is 2.42. The van der Waals surface area contributed by atoms with E-state index in [4.69, 9.17) is 0 Å². The minimum absolute atomic E-state index is 0.110. The topological polar surface area (TPSA) is 52.7 Å². The lowest BCUT2D eigenvalue weighted by Crippen LogP contribution is -2.39. The fourth-order valence-electron chi connectivity index (χ4n) is 4.02. The Labute approximate surface area is 136 Å². The van der Waals surface area contributed by atoms with Crippen molar-refractivity contribution in [3.63, 3.8) is 0 Å². The molecular weight excluding hydrogens is 290 g/mol. The molecule has 3 fully saturated rings. The summed E-state index contributed by atoms with van der Waals surface area (Å²) in [4.78, 5) is 28.3. The van der Waals surface area contributed by atoms with Crippen LogP contribution in [0.1, 0.15) is 42.5 Å². The molecule has 0 unspecified atom stereocenters. The third-order valence-electron chi connectivity index (χ3n) is 5.31. The summed E-state index contributed by atoms with van der Waals surface area (Å²) in [6, 6.07) is 8.56. The van der Waals surface area contributed by atoms with Crippen LogP contribution >= 0.6 is 0 Å². The summed E-state index contributed by atoms with van der Waals surface area (Å²) in [5.74, 6) is 0.289. The van der Waals surface area contributed by atoms with Crippen LogP contribution in [0.25, 0.3) is 0 Å². The Hall–Kier alpha value is -1.88. The van der Waals surface area contributed by atoms with E-state index in [0.717, 1.165) is 43.7 Å². The van der Waals surface area contributed by atoms with E-state index in [-0.39, 0.29) is 11.8 Å². The molecular formula is C18H23N3O2. The van der Waals surface area contributed by atoms with Gasteiger partial charge in [-0.15, -0.1) is 0 Å². The number of anilines is 1. The minimum Gasteiger partial charge on any atom is -0.337 e. The SMILES string of the molecule is O=C(c1ccc(N2CCCC2=O)cc1)N1CC[C@H]2CC[C@@H](C1)N2. The van der Waals surface area contributed by atoms with Gasteiger partial charge in [-0.05, 0) is 49.9 Å². The van der Waals surface area contributed by atoms with Crippen LogP contribution in [-0.2, 0) is 4.79 Å². The lowest BCUT2D eigenvalue weighted by molar-refractivity contribution is -0.117. The van der Waals surface area contributed by atoms with E-state index in [2.05, 4.69) is 5.32 Å². The maximum absolute atomic E-state index is 12.7. The standard InChI is InChI=1S/C18H23N3O2/c22-17-2-1-10-21(17)16-7-3-13(4-8-16)18(23)20-11-9-14-5-6-15(12-20)19-14/h3-4,7-8,14-15,19H,1-2,5-6,9-12H2/t14-,15+/m1/s1. The molecule has 2 amide bonds. The molecule has 1 aromatic carbocycles. The van der Waals surface area contributed by atoms with Gasteiger partial charge in [0, 0.05) is 49.4 Å². The second-order valence-corrected chi connectivity index (χ2v) is 6.87. The molecule has 1 N–H and O–H groups in total. The zero-order valence-corrected chi connectivity index (χ0v) is 13.3. The first-order valence-corrected chi connectivity index (χ1v) is 8.66. The van der Waals surface area contributed by atoms with Crippen LogP contribution in [0.4, 0.5) is 5.69 Å². The molecule has 3 aliphatic heterocycles. The van der Waals surface area contributed by atoms with Gasteiger partial charge in [-0.3, -0.25) is 9.59 Å². The van der Waals surface area contributed by atoms with Gasteiger partial charge in [0.25, 0.3) is 5.91 Å². The van der Waals surface area contributed by atoms with E-state index in [1.54, 1.807) is 0 Å². The van der Waals surface area contributed by atoms with Crippen LogP contribution in [0, 0.1) is 0 Å². The number of hydrogen-bond donors (Lipinski definition) is 1. The fourth-order valence-corrected chi connectivity index (χ4v) is 4.02. The molecule has 1 aromatic rings. The van der Waals surface area contributed by atoms with Crippen molar-refractivity contribution in [3.8, 4) is 0 Å². The molecule has 3 aliphatic rings. The van der Waals surface area contributed by atoms with Crippen LogP contribution in [-0.4, -0.2) is 48.4 Å². The van der Waals surface area contributed by atoms with Crippen molar-refractivity contribution >= 4 is 17.5 Å². The molecule has 0 radical (unpaired) electrons. The average molecular weight is 313 g/mol. The van der Waals surface area contributed by atoms with E-state index in [9.17, 15) is 9.59 Å². The third kappa shape index (κ3) is 2.85.